The lowest BCUT2D eigenvalue weighted by Crippen LogP contribution is -2.45. The molecule has 2 atom stereocenters. The van der Waals surface area contributed by atoms with Gasteiger partial charge in [0, 0.05) is 12.6 Å². The van der Waals surface area contributed by atoms with Crippen LogP contribution in [0.2, 0.25) is 0 Å². The van der Waals surface area contributed by atoms with Gasteiger partial charge in [-0.05, 0) is 26.2 Å². The highest BCUT2D eigenvalue weighted by molar-refractivity contribution is 7.90. The second kappa shape index (κ2) is 4.59. The van der Waals surface area contributed by atoms with Gasteiger partial charge in [0.2, 0.25) is 10.0 Å². The van der Waals surface area contributed by atoms with E-state index in [1.807, 2.05) is 20.8 Å². The van der Waals surface area contributed by atoms with Crippen LogP contribution in [0.5, 0.6) is 0 Å². The average molecular weight is 221 g/mol. The van der Waals surface area contributed by atoms with Crippen molar-refractivity contribution in [3.05, 3.63) is 0 Å². The monoisotopic (exact) mass is 221 g/mol. The summed E-state index contributed by atoms with van der Waals surface area (Å²) >= 11 is 0. The molecule has 0 bridgehead atoms. The van der Waals surface area contributed by atoms with Gasteiger partial charge < -0.3 is 4.74 Å². The van der Waals surface area contributed by atoms with E-state index in [0.29, 0.717) is 19.6 Å². The molecule has 84 valence electrons. The average Bonchev–Trinajstić information content (AvgIpc) is 2.02. The molecular formula is C9H19NO3S. The lowest BCUT2D eigenvalue weighted by atomic mass is 10.0. The van der Waals surface area contributed by atoms with Crippen molar-refractivity contribution in [3.63, 3.8) is 0 Å². The van der Waals surface area contributed by atoms with Crippen LogP contribution in [0.4, 0.5) is 0 Å². The maximum atomic E-state index is 11.8. The fraction of sp³-hybridized carbons (Fsp3) is 1.00. The van der Waals surface area contributed by atoms with Gasteiger partial charge >= 0.3 is 0 Å². The molecule has 5 heteroatoms. The van der Waals surface area contributed by atoms with Gasteiger partial charge in [-0.2, -0.15) is 0 Å². The second-order valence-corrected chi connectivity index (χ2v) is 6.13. The fourth-order valence-electron chi connectivity index (χ4n) is 1.74. The Morgan fingerprint density at radius 2 is 2.07 bits per heavy atom. The molecule has 14 heavy (non-hydrogen) atoms. The molecule has 1 aliphatic heterocycles. The summed E-state index contributed by atoms with van der Waals surface area (Å²) in [4.78, 5) is 0. The summed E-state index contributed by atoms with van der Waals surface area (Å²) in [5.41, 5.74) is 0. The summed E-state index contributed by atoms with van der Waals surface area (Å²) in [6.07, 6.45) is 0.600. The first-order chi connectivity index (χ1) is 6.43. The van der Waals surface area contributed by atoms with E-state index in [0.717, 1.165) is 0 Å². The summed E-state index contributed by atoms with van der Waals surface area (Å²) in [5, 5.41) is -0.293. The van der Waals surface area contributed by atoms with Crippen LogP contribution < -0.4 is 4.72 Å². The molecule has 0 spiro atoms. The van der Waals surface area contributed by atoms with Gasteiger partial charge in [0.05, 0.1) is 11.9 Å². The number of ether oxygens (including phenoxy) is 1. The van der Waals surface area contributed by atoms with Crippen LogP contribution in [0.15, 0.2) is 0 Å². The number of sulfonamides is 1. The van der Waals surface area contributed by atoms with E-state index >= 15 is 0 Å². The molecule has 1 N–H and O–H groups in total. The second-order valence-electron chi connectivity index (χ2n) is 4.20. The molecule has 1 aliphatic rings. The highest BCUT2D eigenvalue weighted by Crippen LogP contribution is 2.20. The Labute approximate surface area is 86.1 Å². The molecule has 1 saturated heterocycles. The molecule has 1 fully saturated rings. The highest BCUT2D eigenvalue weighted by Gasteiger charge is 2.33. The Hall–Kier alpha value is -0.130. The van der Waals surface area contributed by atoms with E-state index in [1.54, 1.807) is 0 Å². The standard InChI is InChI=1S/C9H19NO3S/c1-7(2)10-14(11,12)9-4-5-13-6-8(9)3/h7-10H,4-6H2,1-3H3/t8-,9-/m0/s1. The quantitative estimate of drug-likeness (QED) is 0.764. The van der Waals surface area contributed by atoms with Gasteiger partial charge in [0.1, 0.15) is 0 Å². The van der Waals surface area contributed by atoms with Crippen LogP contribution in [0, 0.1) is 5.92 Å². The molecule has 0 aromatic rings. The normalized spacial score (nSPS) is 29.4. The van der Waals surface area contributed by atoms with E-state index in [2.05, 4.69) is 4.72 Å². The van der Waals surface area contributed by atoms with E-state index in [4.69, 9.17) is 4.74 Å². The fourth-order valence-corrected chi connectivity index (χ4v) is 3.67. The molecule has 1 heterocycles. The first-order valence-corrected chi connectivity index (χ1v) is 6.57. The van der Waals surface area contributed by atoms with Crippen LogP contribution in [0.1, 0.15) is 27.2 Å². The van der Waals surface area contributed by atoms with Crippen molar-refractivity contribution >= 4 is 10.0 Å². The van der Waals surface area contributed by atoms with Crippen LogP contribution in [-0.4, -0.2) is 32.9 Å². The summed E-state index contributed by atoms with van der Waals surface area (Å²) in [6.45, 7) is 6.68. The molecule has 4 nitrogen and oxygen atoms in total. The van der Waals surface area contributed by atoms with Gasteiger partial charge in [0.15, 0.2) is 0 Å². The highest BCUT2D eigenvalue weighted by atomic mass is 32.2. The van der Waals surface area contributed by atoms with Gasteiger partial charge in [-0.3, -0.25) is 0 Å². The zero-order chi connectivity index (χ0) is 10.8. The molecule has 0 radical (unpaired) electrons. The molecule has 1 rings (SSSR count). The summed E-state index contributed by atoms with van der Waals surface area (Å²) in [7, 11) is -3.16. The first kappa shape index (κ1) is 11.9. The third-order valence-electron chi connectivity index (χ3n) is 2.36. The Balaban J connectivity index is 2.70. The van der Waals surface area contributed by atoms with E-state index < -0.39 is 10.0 Å². The maximum Gasteiger partial charge on any atom is 0.215 e. The van der Waals surface area contributed by atoms with Crippen molar-refractivity contribution in [2.45, 2.75) is 38.5 Å². The third-order valence-corrected chi connectivity index (χ3v) is 4.66. The number of nitrogens with one attached hydrogen (secondary N) is 1. The Bertz CT molecular complexity index is 274. The van der Waals surface area contributed by atoms with Gasteiger partial charge in [-0.25, -0.2) is 13.1 Å². The largest absolute Gasteiger partial charge is 0.381 e. The Morgan fingerprint density at radius 3 is 2.57 bits per heavy atom. The summed E-state index contributed by atoms with van der Waals surface area (Å²) in [6, 6.07) is -0.0324. The molecule has 0 unspecified atom stereocenters. The van der Waals surface area contributed by atoms with Crippen molar-refractivity contribution in [2.24, 2.45) is 5.92 Å². The van der Waals surface area contributed by atoms with Gasteiger partial charge in [0.25, 0.3) is 0 Å². The smallest absolute Gasteiger partial charge is 0.215 e. The first-order valence-electron chi connectivity index (χ1n) is 5.02. The SMILES string of the molecule is CC(C)NS(=O)(=O)[C@H]1CCOC[C@@H]1C. The lowest BCUT2D eigenvalue weighted by Gasteiger charge is -2.29. The molecule has 0 aromatic carbocycles. The predicted octanol–water partition coefficient (Wildman–Crippen LogP) is 0.739. The number of rotatable bonds is 3. The molecule has 0 amide bonds. The minimum atomic E-state index is -3.16. The Morgan fingerprint density at radius 1 is 1.43 bits per heavy atom. The van der Waals surface area contributed by atoms with Crippen LogP contribution in [0.25, 0.3) is 0 Å². The van der Waals surface area contributed by atoms with E-state index in [-0.39, 0.29) is 17.2 Å². The third kappa shape index (κ3) is 2.93. The van der Waals surface area contributed by atoms with E-state index in [9.17, 15) is 8.42 Å². The predicted molar refractivity (Wildman–Crippen MR) is 55.6 cm³/mol. The Kier molecular flexibility index (Phi) is 3.92. The summed E-state index contributed by atoms with van der Waals surface area (Å²) < 4.78 is 31.5. The molecule has 0 saturated carbocycles. The van der Waals surface area contributed by atoms with E-state index in [1.165, 1.54) is 0 Å². The zero-order valence-electron chi connectivity index (χ0n) is 8.99. The van der Waals surface area contributed by atoms with Crippen LogP contribution in [0.3, 0.4) is 0 Å². The van der Waals surface area contributed by atoms with Crippen molar-refractivity contribution in [1.82, 2.24) is 4.72 Å². The minimum Gasteiger partial charge on any atom is -0.381 e. The van der Waals surface area contributed by atoms with Crippen molar-refractivity contribution in [3.8, 4) is 0 Å². The zero-order valence-corrected chi connectivity index (χ0v) is 9.80. The van der Waals surface area contributed by atoms with Crippen molar-refractivity contribution < 1.29 is 13.2 Å². The lowest BCUT2D eigenvalue weighted by molar-refractivity contribution is 0.0634. The molecule has 0 aromatic heterocycles. The van der Waals surface area contributed by atoms with Gasteiger partial charge in [-0.15, -0.1) is 0 Å². The molecule has 0 aliphatic carbocycles. The number of hydrogen-bond donors (Lipinski definition) is 1. The van der Waals surface area contributed by atoms with Crippen LogP contribution >= 0.6 is 0 Å². The van der Waals surface area contributed by atoms with Crippen molar-refractivity contribution in [2.75, 3.05) is 13.2 Å². The van der Waals surface area contributed by atoms with Crippen LogP contribution in [-0.2, 0) is 14.8 Å². The van der Waals surface area contributed by atoms with Gasteiger partial charge in [-0.1, -0.05) is 6.92 Å². The maximum absolute atomic E-state index is 11.8. The minimum absolute atomic E-state index is 0.0324. The number of hydrogen-bond acceptors (Lipinski definition) is 3. The van der Waals surface area contributed by atoms with Crippen molar-refractivity contribution in [1.29, 1.82) is 0 Å². The molecular weight excluding hydrogens is 202 g/mol. The summed E-state index contributed by atoms with van der Waals surface area (Å²) in [5.74, 6) is 0.0833. The topological polar surface area (TPSA) is 55.4 Å².